The minimum Gasteiger partial charge on any atom is -0.296 e. The van der Waals surface area contributed by atoms with Gasteiger partial charge in [-0.1, -0.05) is 19.1 Å². The van der Waals surface area contributed by atoms with E-state index in [0.717, 1.165) is 5.56 Å². The summed E-state index contributed by atoms with van der Waals surface area (Å²) in [5, 5.41) is 2.27. The molecule has 1 heterocycles. The van der Waals surface area contributed by atoms with Crippen molar-refractivity contribution in [2.75, 3.05) is 0 Å². The summed E-state index contributed by atoms with van der Waals surface area (Å²) in [5.74, 6) is -1.33. The van der Waals surface area contributed by atoms with Gasteiger partial charge in [0.1, 0.15) is 5.82 Å². The average molecular weight is 235 g/mol. The second-order valence-corrected chi connectivity index (χ2v) is 4.52. The number of carbonyl (C=O) groups is 2. The lowest BCUT2D eigenvalue weighted by Crippen LogP contribution is -2.24. The quantitative estimate of drug-likeness (QED) is 0.796. The van der Waals surface area contributed by atoms with E-state index >= 15 is 0 Å². The molecule has 4 heteroatoms. The van der Waals surface area contributed by atoms with Gasteiger partial charge in [-0.2, -0.15) is 0 Å². The smallest absolute Gasteiger partial charge is 0.230 e. The molecule has 0 radical (unpaired) electrons. The molecule has 0 aromatic heterocycles. The lowest BCUT2D eigenvalue weighted by atomic mass is 9.86. The number of benzene rings is 1. The molecule has 1 N–H and O–H groups in total. The van der Waals surface area contributed by atoms with E-state index in [-0.39, 0.29) is 35.9 Å². The van der Waals surface area contributed by atoms with Crippen LogP contribution in [-0.4, -0.2) is 11.8 Å². The van der Waals surface area contributed by atoms with E-state index in [2.05, 4.69) is 5.32 Å². The minimum absolute atomic E-state index is 0.156. The van der Waals surface area contributed by atoms with Crippen molar-refractivity contribution in [1.29, 1.82) is 0 Å². The maximum atomic E-state index is 13.4. The van der Waals surface area contributed by atoms with Gasteiger partial charge in [0, 0.05) is 6.42 Å². The number of aryl methyl sites for hydroxylation is 1. The Morgan fingerprint density at radius 2 is 2.12 bits per heavy atom. The van der Waals surface area contributed by atoms with Gasteiger partial charge in [0.25, 0.3) is 0 Å². The van der Waals surface area contributed by atoms with E-state index in [9.17, 15) is 14.0 Å². The van der Waals surface area contributed by atoms with Crippen molar-refractivity contribution >= 4 is 11.8 Å². The highest BCUT2D eigenvalue weighted by molar-refractivity contribution is 6.03. The Labute approximate surface area is 99.0 Å². The third kappa shape index (κ3) is 2.20. The van der Waals surface area contributed by atoms with Crippen LogP contribution in [0.1, 0.15) is 30.4 Å². The average Bonchev–Trinajstić information content (AvgIpc) is 2.61. The number of hydrogen-bond acceptors (Lipinski definition) is 2. The zero-order valence-corrected chi connectivity index (χ0v) is 9.79. The number of rotatable bonds is 2. The number of amides is 2. The van der Waals surface area contributed by atoms with Gasteiger partial charge in [-0.15, -0.1) is 0 Å². The number of nitrogens with one attached hydrogen (secondary N) is 1. The summed E-state index contributed by atoms with van der Waals surface area (Å²) < 4.78 is 13.4. The molecule has 17 heavy (non-hydrogen) atoms. The first-order chi connectivity index (χ1) is 7.99. The standard InChI is InChI=1S/C13H14FNO2/c1-7-3-4-9(5-11(7)14)8(2)10-6-12(16)15-13(10)17/h3-5,8,10H,6H2,1-2H3,(H,15,16,17). The Balaban J connectivity index is 2.25. The number of halogens is 1. The topological polar surface area (TPSA) is 46.2 Å². The molecule has 0 aliphatic carbocycles. The molecule has 1 aromatic carbocycles. The van der Waals surface area contributed by atoms with E-state index in [4.69, 9.17) is 0 Å². The van der Waals surface area contributed by atoms with E-state index in [1.165, 1.54) is 6.07 Å². The molecule has 2 rings (SSSR count). The summed E-state index contributed by atoms with van der Waals surface area (Å²) in [6.07, 6.45) is 0.190. The molecular weight excluding hydrogens is 221 g/mol. The fraction of sp³-hybridized carbons (Fsp3) is 0.385. The highest BCUT2D eigenvalue weighted by Crippen LogP contribution is 2.30. The van der Waals surface area contributed by atoms with Crippen molar-refractivity contribution in [3.8, 4) is 0 Å². The van der Waals surface area contributed by atoms with Crippen molar-refractivity contribution in [2.45, 2.75) is 26.2 Å². The van der Waals surface area contributed by atoms with E-state index < -0.39 is 0 Å². The predicted octanol–water partition coefficient (Wildman–Crippen LogP) is 1.90. The molecule has 1 aromatic rings. The highest BCUT2D eigenvalue weighted by Gasteiger charge is 2.35. The normalized spacial score (nSPS) is 21.5. The van der Waals surface area contributed by atoms with Gasteiger partial charge in [-0.3, -0.25) is 14.9 Å². The molecule has 1 aliphatic heterocycles. The summed E-state index contributed by atoms with van der Waals surface area (Å²) in [5.41, 5.74) is 1.33. The second-order valence-electron chi connectivity index (χ2n) is 4.52. The maximum absolute atomic E-state index is 13.4. The summed E-state index contributed by atoms with van der Waals surface area (Å²) in [6.45, 7) is 3.53. The minimum atomic E-state index is -0.385. The lowest BCUT2D eigenvalue weighted by molar-refractivity contribution is -0.126. The Hall–Kier alpha value is -1.71. The van der Waals surface area contributed by atoms with Gasteiger partial charge < -0.3 is 0 Å². The lowest BCUT2D eigenvalue weighted by Gasteiger charge is -2.16. The van der Waals surface area contributed by atoms with Gasteiger partial charge in [-0.05, 0) is 30.0 Å². The molecule has 0 saturated carbocycles. The molecule has 2 atom stereocenters. The van der Waals surface area contributed by atoms with Crippen molar-refractivity contribution < 1.29 is 14.0 Å². The predicted molar refractivity (Wildman–Crippen MR) is 60.8 cm³/mol. The van der Waals surface area contributed by atoms with Crippen molar-refractivity contribution in [1.82, 2.24) is 5.32 Å². The first-order valence-electron chi connectivity index (χ1n) is 5.59. The number of carbonyl (C=O) groups excluding carboxylic acids is 2. The van der Waals surface area contributed by atoms with E-state index in [0.29, 0.717) is 5.56 Å². The zero-order valence-electron chi connectivity index (χ0n) is 9.79. The largest absolute Gasteiger partial charge is 0.296 e. The molecule has 1 fully saturated rings. The van der Waals surface area contributed by atoms with Crippen LogP contribution in [0.4, 0.5) is 4.39 Å². The van der Waals surface area contributed by atoms with Gasteiger partial charge >= 0.3 is 0 Å². The molecule has 2 amide bonds. The maximum Gasteiger partial charge on any atom is 0.230 e. The molecular formula is C13H14FNO2. The Morgan fingerprint density at radius 1 is 1.41 bits per heavy atom. The van der Waals surface area contributed by atoms with Crippen LogP contribution in [0.5, 0.6) is 0 Å². The number of imide groups is 1. The summed E-state index contributed by atoms with van der Waals surface area (Å²) in [6, 6.07) is 4.94. The molecule has 2 unspecified atom stereocenters. The first kappa shape index (κ1) is 11.8. The van der Waals surface area contributed by atoms with Crippen molar-refractivity contribution in [2.24, 2.45) is 5.92 Å². The molecule has 1 aliphatic rings. The third-order valence-electron chi connectivity index (χ3n) is 3.33. The fourth-order valence-electron chi connectivity index (χ4n) is 2.10. The van der Waals surface area contributed by atoms with E-state index in [1.807, 2.05) is 6.92 Å². The fourth-order valence-corrected chi connectivity index (χ4v) is 2.10. The van der Waals surface area contributed by atoms with Crippen LogP contribution in [0.2, 0.25) is 0 Å². The Morgan fingerprint density at radius 3 is 2.65 bits per heavy atom. The summed E-state index contributed by atoms with van der Waals surface area (Å²) in [4.78, 5) is 22.6. The molecule has 90 valence electrons. The van der Waals surface area contributed by atoms with Crippen LogP contribution in [0.15, 0.2) is 18.2 Å². The Bertz CT molecular complexity index is 484. The zero-order chi connectivity index (χ0) is 12.6. The van der Waals surface area contributed by atoms with Gasteiger partial charge in [-0.25, -0.2) is 4.39 Å². The summed E-state index contributed by atoms with van der Waals surface area (Å²) >= 11 is 0. The highest BCUT2D eigenvalue weighted by atomic mass is 19.1. The van der Waals surface area contributed by atoms with Gasteiger partial charge in [0.05, 0.1) is 5.92 Å². The molecule has 0 spiro atoms. The van der Waals surface area contributed by atoms with Crippen molar-refractivity contribution in [3.63, 3.8) is 0 Å². The van der Waals surface area contributed by atoms with Crippen LogP contribution in [0.25, 0.3) is 0 Å². The van der Waals surface area contributed by atoms with Crippen LogP contribution >= 0.6 is 0 Å². The van der Waals surface area contributed by atoms with Gasteiger partial charge in [0.2, 0.25) is 11.8 Å². The SMILES string of the molecule is Cc1ccc(C(C)C2CC(=O)NC2=O)cc1F. The first-order valence-corrected chi connectivity index (χ1v) is 5.59. The van der Waals surface area contributed by atoms with Gasteiger partial charge in [0.15, 0.2) is 0 Å². The second kappa shape index (κ2) is 4.28. The third-order valence-corrected chi connectivity index (χ3v) is 3.33. The Kier molecular flexibility index (Phi) is 2.96. The molecule has 3 nitrogen and oxygen atoms in total. The van der Waals surface area contributed by atoms with E-state index in [1.54, 1.807) is 19.1 Å². The van der Waals surface area contributed by atoms with Crippen LogP contribution in [0, 0.1) is 18.7 Å². The number of hydrogen-bond donors (Lipinski definition) is 1. The van der Waals surface area contributed by atoms with Crippen molar-refractivity contribution in [3.05, 3.63) is 35.1 Å². The van der Waals surface area contributed by atoms with Crippen LogP contribution in [0.3, 0.4) is 0 Å². The van der Waals surface area contributed by atoms with Crippen LogP contribution in [-0.2, 0) is 9.59 Å². The summed E-state index contributed by atoms with van der Waals surface area (Å²) in [7, 11) is 0. The molecule has 1 saturated heterocycles. The van der Waals surface area contributed by atoms with Crippen LogP contribution < -0.4 is 5.32 Å². The monoisotopic (exact) mass is 235 g/mol. The molecule has 0 bridgehead atoms.